The van der Waals surface area contributed by atoms with E-state index in [-0.39, 0.29) is 0 Å². The number of rotatable bonds is 7. The summed E-state index contributed by atoms with van der Waals surface area (Å²) in [6.45, 7) is 4.34. The number of nitrogens with zero attached hydrogens (tertiary/aromatic N) is 1. The maximum Gasteiger partial charge on any atom is 0.142 e. The summed E-state index contributed by atoms with van der Waals surface area (Å²) in [7, 11) is 0. The van der Waals surface area contributed by atoms with Gasteiger partial charge in [0.2, 0.25) is 0 Å². The number of nitrogens with one attached hydrogen (secondary N) is 1. The molecule has 3 nitrogen and oxygen atoms in total. The van der Waals surface area contributed by atoms with Crippen LogP contribution in [0.5, 0.6) is 5.75 Å². The zero-order valence-electron chi connectivity index (χ0n) is 10.9. The Bertz CT molecular complexity index is 502. The molecule has 0 aliphatic heterocycles. The SMILES string of the molecule is CCCNCc1cccc(Cl)c1OCc1cscn1. The number of aromatic nitrogens is 1. The third kappa shape index (κ3) is 4.20. The van der Waals surface area contributed by atoms with Crippen LogP contribution in [0.25, 0.3) is 0 Å². The summed E-state index contributed by atoms with van der Waals surface area (Å²) in [6, 6.07) is 5.83. The van der Waals surface area contributed by atoms with Crippen LogP contribution in [0.3, 0.4) is 0 Å². The molecule has 0 saturated heterocycles. The Morgan fingerprint density at radius 1 is 1.42 bits per heavy atom. The van der Waals surface area contributed by atoms with Crippen molar-refractivity contribution < 1.29 is 4.74 Å². The van der Waals surface area contributed by atoms with Crippen LogP contribution >= 0.6 is 22.9 Å². The van der Waals surface area contributed by atoms with Gasteiger partial charge in [0.25, 0.3) is 0 Å². The van der Waals surface area contributed by atoms with Crippen molar-refractivity contribution in [1.29, 1.82) is 0 Å². The van der Waals surface area contributed by atoms with Crippen LogP contribution in [-0.4, -0.2) is 11.5 Å². The van der Waals surface area contributed by atoms with Crippen LogP contribution in [0.4, 0.5) is 0 Å². The van der Waals surface area contributed by atoms with Crippen molar-refractivity contribution in [2.75, 3.05) is 6.54 Å². The van der Waals surface area contributed by atoms with Crippen molar-refractivity contribution >= 4 is 22.9 Å². The highest BCUT2D eigenvalue weighted by Crippen LogP contribution is 2.29. The lowest BCUT2D eigenvalue weighted by atomic mass is 10.2. The lowest BCUT2D eigenvalue weighted by Gasteiger charge is -2.13. The molecule has 1 aromatic carbocycles. The molecule has 0 atom stereocenters. The van der Waals surface area contributed by atoms with Gasteiger partial charge in [-0.3, -0.25) is 0 Å². The minimum Gasteiger partial charge on any atom is -0.485 e. The van der Waals surface area contributed by atoms with Crippen molar-refractivity contribution in [2.24, 2.45) is 0 Å². The highest BCUT2D eigenvalue weighted by atomic mass is 35.5. The summed E-state index contributed by atoms with van der Waals surface area (Å²) >= 11 is 7.78. The smallest absolute Gasteiger partial charge is 0.142 e. The molecule has 0 saturated carbocycles. The van der Waals surface area contributed by atoms with Gasteiger partial charge in [0.15, 0.2) is 0 Å². The molecule has 1 N–H and O–H groups in total. The first kappa shape index (κ1) is 14.3. The second kappa shape index (κ2) is 7.48. The first-order chi connectivity index (χ1) is 9.31. The number of benzene rings is 1. The Kier molecular flexibility index (Phi) is 5.63. The summed E-state index contributed by atoms with van der Waals surface area (Å²) in [4.78, 5) is 4.20. The van der Waals surface area contributed by atoms with E-state index in [0.717, 1.165) is 36.5 Å². The van der Waals surface area contributed by atoms with Gasteiger partial charge in [0.05, 0.1) is 16.2 Å². The number of para-hydroxylation sites is 1. The lowest BCUT2D eigenvalue weighted by molar-refractivity contribution is 0.298. The normalized spacial score (nSPS) is 10.6. The molecule has 5 heteroatoms. The Balaban J connectivity index is 2.04. The molecule has 19 heavy (non-hydrogen) atoms. The van der Waals surface area contributed by atoms with E-state index in [9.17, 15) is 0 Å². The number of hydrogen-bond donors (Lipinski definition) is 1. The quantitative estimate of drug-likeness (QED) is 0.788. The van der Waals surface area contributed by atoms with Gasteiger partial charge in [-0.1, -0.05) is 30.7 Å². The maximum absolute atomic E-state index is 6.21. The standard InChI is InChI=1S/C14H17ClN2OS/c1-2-6-16-7-11-4-3-5-13(15)14(11)18-8-12-9-19-10-17-12/h3-5,9-10,16H,2,6-8H2,1H3. The molecule has 0 aliphatic rings. The van der Waals surface area contributed by atoms with E-state index in [0.29, 0.717) is 11.6 Å². The largest absolute Gasteiger partial charge is 0.485 e. The van der Waals surface area contributed by atoms with Gasteiger partial charge in [-0.2, -0.15) is 0 Å². The molecule has 0 aliphatic carbocycles. The third-order valence-electron chi connectivity index (χ3n) is 2.64. The Hall–Kier alpha value is -1.10. The molecule has 0 amide bonds. The fraction of sp³-hybridized carbons (Fsp3) is 0.357. The van der Waals surface area contributed by atoms with Gasteiger partial charge >= 0.3 is 0 Å². The van der Waals surface area contributed by atoms with Crippen molar-refractivity contribution in [3.63, 3.8) is 0 Å². The zero-order chi connectivity index (χ0) is 13.5. The van der Waals surface area contributed by atoms with Crippen molar-refractivity contribution in [3.05, 3.63) is 45.4 Å². The zero-order valence-corrected chi connectivity index (χ0v) is 12.4. The summed E-state index contributed by atoms with van der Waals surface area (Å²) < 4.78 is 5.82. The summed E-state index contributed by atoms with van der Waals surface area (Å²) in [5, 5.41) is 5.98. The molecule has 1 aromatic heterocycles. The summed E-state index contributed by atoms with van der Waals surface area (Å²) in [5.41, 5.74) is 3.81. The predicted molar refractivity (Wildman–Crippen MR) is 79.9 cm³/mol. The minimum absolute atomic E-state index is 0.452. The monoisotopic (exact) mass is 296 g/mol. The van der Waals surface area contributed by atoms with Gasteiger partial charge < -0.3 is 10.1 Å². The van der Waals surface area contributed by atoms with Gasteiger partial charge in [0.1, 0.15) is 12.4 Å². The molecule has 0 spiro atoms. The van der Waals surface area contributed by atoms with E-state index in [4.69, 9.17) is 16.3 Å². The predicted octanol–water partition coefficient (Wildman–Crippen LogP) is 3.88. The highest BCUT2D eigenvalue weighted by Gasteiger charge is 2.09. The highest BCUT2D eigenvalue weighted by molar-refractivity contribution is 7.07. The minimum atomic E-state index is 0.452. The molecule has 0 radical (unpaired) electrons. The number of thiazole rings is 1. The lowest BCUT2D eigenvalue weighted by Crippen LogP contribution is -2.14. The van der Waals surface area contributed by atoms with Crippen molar-refractivity contribution in [3.8, 4) is 5.75 Å². The van der Waals surface area contributed by atoms with Gasteiger partial charge in [-0.15, -0.1) is 11.3 Å². The first-order valence-corrected chi connectivity index (χ1v) is 7.61. The van der Waals surface area contributed by atoms with Crippen molar-refractivity contribution in [1.82, 2.24) is 10.3 Å². The second-order valence-corrected chi connectivity index (χ2v) is 5.30. The topological polar surface area (TPSA) is 34.1 Å². The first-order valence-electron chi connectivity index (χ1n) is 6.29. The molecule has 0 fully saturated rings. The molecule has 2 rings (SSSR count). The number of halogens is 1. The molecular formula is C14H17ClN2OS. The summed E-state index contributed by atoms with van der Waals surface area (Å²) in [6.07, 6.45) is 1.11. The van der Waals surface area contributed by atoms with Crippen LogP contribution < -0.4 is 10.1 Å². The van der Waals surface area contributed by atoms with Crippen LogP contribution in [0, 0.1) is 0 Å². The van der Waals surface area contributed by atoms with E-state index in [2.05, 4.69) is 17.2 Å². The van der Waals surface area contributed by atoms with Gasteiger partial charge in [-0.25, -0.2) is 4.98 Å². The van der Waals surface area contributed by atoms with Gasteiger partial charge in [-0.05, 0) is 19.0 Å². The molecular weight excluding hydrogens is 280 g/mol. The number of hydrogen-bond acceptors (Lipinski definition) is 4. The van der Waals surface area contributed by atoms with Gasteiger partial charge in [0, 0.05) is 17.5 Å². The fourth-order valence-corrected chi connectivity index (χ4v) is 2.50. The van der Waals surface area contributed by atoms with Crippen LogP contribution in [-0.2, 0) is 13.2 Å². The molecule has 1 heterocycles. The average molecular weight is 297 g/mol. The molecule has 0 bridgehead atoms. The Morgan fingerprint density at radius 2 is 2.32 bits per heavy atom. The van der Waals surface area contributed by atoms with E-state index >= 15 is 0 Å². The number of ether oxygens (including phenoxy) is 1. The molecule has 2 aromatic rings. The average Bonchev–Trinajstić information content (AvgIpc) is 2.91. The molecule has 102 valence electrons. The van der Waals surface area contributed by atoms with Crippen molar-refractivity contribution in [2.45, 2.75) is 26.5 Å². The van der Waals surface area contributed by atoms with E-state index < -0.39 is 0 Å². The Labute approximate surface area is 122 Å². The van der Waals surface area contributed by atoms with Crippen LogP contribution in [0.1, 0.15) is 24.6 Å². The molecule has 0 unspecified atom stereocenters. The van der Waals surface area contributed by atoms with E-state index in [1.54, 1.807) is 16.8 Å². The van der Waals surface area contributed by atoms with Crippen LogP contribution in [0.15, 0.2) is 29.1 Å². The fourth-order valence-electron chi connectivity index (χ4n) is 1.71. The van der Waals surface area contributed by atoms with Crippen LogP contribution in [0.2, 0.25) is 5.02 Å². The van der Waals surface area contributed by atoms with E-state index in [1.165, 1.54) is 0 Å². The summed E-state index contributed by atoms with van der Waals surface area (Å²) in [5.74, 6) is 0.751. The maximum atomic E-state index is 6.21. The Morgan fingerprint density at radius 3 is 3.05 bits per heavy atom. The van der Waals surface area contributed by atoms with E-state index in [1.807, 2.05) is 23.6 Å². The third-order valence-corrected chi connectivity index (χ3v) is 3.57. The second-order valence-electron chi connectivity index (χ2n) is 4.17.